The number of aryl methyl sites for hydroxylation is 2. The Balaban J connectivity index is 1.89. The maximum absolute atomic E-state index is 3.71. The first-order valence-corrected chi connectivity index (χ1v) is 8.87. The minimum Gasteiger partial charge on any atom is -0.309 e. The molecule has 1 atom stereocenters. The molecule has 2 aromatic rings. The molecule has 0 aliphatic rings. The highest BCUT2D eigenvalue weighted by molar-refractivity contribution is 7.10. The molecule has 0 radical (unpaired) electrons. The van der Waals surface area contributed by atoms with Crippen molar-refractivity contribution in [2.45, 2.75) is 45.6 Å². The van der Waals surface area contributed by atoms with Crippen LogP contribution < -0.4 is 5.32 Å². The van der Waals surface area contributed by atoms with Crippen LogP contribution in [0.4, 0.5) is 0 Å². The molecule has 0 fully saturated rings. The molecule has 2 heterocycles. The van der Waals surface area contributed by atoms with Crippen molar-refractivity contribution in [3.05, 3.63) is 44.3 Å². The van der Waals surface area contributed by atoms with Gasteiger partial charge >= 0.3 is 0 Å². The summed E-state index contributed by atoms with van der Waals surface area (Å²) < 4.78 is 0. The maximum Gasteiger partial charge on any atom is 0.0417 e. The van der Waals surface area contributed by atoms with Crippen molar-refractivity contribution in [2.24, 2.45) is 0 Å². The van der Waals surface area contributed by atoms with Gasteiger partial charge in [-0.3, -0.25) is 0 Å². The lowest BCUT2D eigenvalue weighted by Crippen LogP contribution is -2.22. The molecule has 0 amide bonds. The minimum atomic E-state index is 0.542. The van der Waals surface area contributed by atoms with Crippen molar-refractivity contribution < 1.29 is 0 Å². The van der Waals surface area contributed by atoms with Gasteiger partial charge in [-0.1, -0.05) is 13.0 Å². The molecule has 0 spiro atoms. The molecule has 1 unspecified atom stereocenters. The summed E-state index contributed by atoms with van der Waals surface area (Å²) in [4.78, 5) is 3.04. The Morgan fingerprint density at radius 1 is 1.21 bits per heavy atom. The zero-order chi connectivity index (χ0) is 13.5. The van der Waals surface area contributed by atoms with Gasteiger partial charge in [-0.05, 0) is 67.6 Å². The third-order valence-electron chi connectivity index (χ3n) is 3.36. The van der Waals surface area contributed by atoms with E-state index in [1.165, 1.54) is 41.0 Å². The molecule has 0 aliphatic carbocycles. The summed E-state index contributed by atoms with van der Waals surface area (Å²) in [5.74, 6) is 0. The second-order valence-corrected chi connectivity index (χ2v) is 6.93. The van der Waals surface area contributed by atoms with Crippen LogP contribution in [0.25, 0.3) is 0 Å². The summed E-state index contributed by atoms with van der Waals surface area (Å²) in [6, 6.07) is 7.17. The lowest BCUT2D eigenvalue weighted by Gasteiger charge is -2.18. The van der Waals surface area contributed by atoms with Crippen LogP contribution in [0.2, 0.25) is 0 Å². The summed E-state index contributed by atoms with van der Waals surface area (Å²) >= 11 is 3.77. The van der Waals surface area contributed by atoms with Crippen LogP contribution in [0.15, 0.2) is 29.0 Å². The number of nitrogens with one attached hydrogen (secondary N) is 1. The molecule has 0 aliphatic heterocycles. The van der Waals surface area contributed by atoms with Gasteiger partial charge in [0.25, 0.3) is 0 Å². The van der Waals surface area contributed by atoms with Crippen molar-refractivity contribution in [1.29, 1.82) is 0 Å². The number of thiophene rings is 2. The van der Waals surface area contributed by atoms with Crippen LogP contribution in [0.5, 0.6) is 0 Å². The Morgan fingerprint density at radius 2 is 2.11 bits per heavy atom. The van der Waals surface area contributed by atoms with Crippen LogP contribution in [0.3, 0.4) is 0 Å². The SMILES string of the molecule is CCCNC(CCCc1cccs1)c1sccc1C. The Labute approximate surface area is 124 Å². The Kier molecular flexibility index (Phi) is 6.08. The molecule has 1 nitrogen and oxygen atoms in total. The minimum absolute atomic E-state index is 0.542. The maximum atomic E-state index is 3.71. The van der Waals surface area contributed by atoms with Gasteiger partial charge in [0.15, 0.2) is 0 Å². The molecule has 0 saturated heterocycles. The van der Waals surface area contributed by atoms with E-state index < -0.39 is 0 Å². The average Bonchev–Trinajstić information content (AvgIpc) is 3.05. The van der Waals surface area contributed by atoms with Gasteiger partial charge in [0.2, 0.25) is 0 Å². The fourth-order valence-corrected chi connectivity index (χ4v) is 4.11. The Bertz CT molecular complexity index is 459. The van der Waals surface area contributed by atoms with Gasteiger partial charge in [-0.2, -0.15) is 0 Å². The molecule has 1 N–H and O–H groups in total. The van der Waals surface area contributed by atoms with Crippen molar-refractivity contribution >= 4 is 22.7 Å². The highest BCUT2D eigenvalue weighted by atomic mass is 32.1. The zero-order valence-electron chi connectivity index (χ0n) is 11.8. The quantitative estimate of drug-likeness (QED) is 0.707. The van der Waals surface area contributed by atoms with E-state index in [9.17, 15) is 0 Å². The number of hydrogen-bond acceptors (Lipinski definition) is 3. The van der Waals surface area contributed by atoms with Crippen LogP contribution in [0.1, 0.15) is 47.5 Å². The summed E-state index contributed by atoms with van der Waals surface area (Å²) in [6.07, 6.45) is 4.91. The molecule has 2 rings (SSSR count). The molecular weight excluding hydrogens is 270 g/mol. The molecule has 0 saturated carbocycles. The first-order valence-electron chi connectivity index (χ1n) is 7.11. The van der Waals surface area contributed by atoms with Crippen LogP contribution in [-0.2, 0) is 6.42 Å². The third kappa shape index (κ3) is 4.44. The number of hydrogen-bond donors (Lipinski definition) is 1. The van der Waals surface area contributed by atoms with Gasteiger partial charge in [0.05, 0.1) is 0 Å². The van der Waals surface area contributed by atoms with Gasteiger partial charge < -0.3 is 5.32 Å². The van der Waals surface area contributed by atoms with Crippen molar-refractivity contribution in [3.63, 3.8) is 0 Å². The predicted molar refractivity (Wildman–Crippen MR) is 87.3 cm³/mol. The number of rotatable bonds is 8. The summed E-state index contributed by atoms with van der Waals surface area (Å²) in [5, 5.41) is 8.09. The second kappa shape index (κ2) is 7.83. The van der Waals surface area contributed by atoms with Crippen molar-refractivity contribution in [1.82, 2.24) is 5.32 Å². The lowest BCUT2D eigenvalue weighted by atomic mass is 10.0. The lowest BCUT2D eigenvalue weighted by molar-refractivity contribution is 0.490. The van der Waals surface area contributed by atoms with Gasteiger partial charge in [-0.15, -0.1) is 22.7 Å². The third-order valence-corrected chi connectivity index (χ3v) is 5.42. The molecule has 0 aromatic carbocycles. The summed E-state index contributed by atoms with van der Waals surface area (Å²) in [5.41, 5.74) is 1.44. The van der Waals surface area contributed by atoms with E-state index in [1.807, 2.05) is 22.7 Å². The Hall–Kier alpha value is -0.640. The molecule has 2 aromatic heterocycles. The monoisotopic (exact) mass is 293 g/mol. The molecule has 19 heavy (non-hydrogen) atoms. The normalized spacial score (nSPS) is 12.7. The first kappa shape index (κ1) is 14.8. The van der Waals surface area contributed by atoms with Crippen molar-refractivity contribution in [3.8, 4) is 0 Å². The van der Waals surface area contributed by atoms with Gasteiger partial charge in [0, 0.05) is 15.8 Å². The van der Waals surface area contributed by atoms with E-state index in [4.69, 9.17) is 0 Å². The molecular formula is C16H23NS2. The van der Waals surface area contributed by atoms with E-state index in [0.29, 0.717) is 6.04 Å². The zero-order valence-corrected chi connectivity index (χ0v) is 13.4. The van der Waals surface area contributed by atoms with E-state index in [0.717, 1.165) is 6.54 Å². The van der Waals surface area contributed by atoms with E-state index in [-0.39, 0.29) is 0 Å². The largest absolute Gasteiger partial charge is 0.309 e. The van der Waals surface area contributed by atoms with Crippen LogP contribution in [-0.4, -0.2) is 6.54 Å². The van der Waals surface area contributed by atoms with Gasteiger partial charge in [-0.25, -0.2) is 0 Å². The van der Waals surface area contributed by atoms with Crippen LogP contribution >= 0.6 is 22.7 Å². The van der Waals surface area contributed by atoms with E-state index in [1.54, 1.807) is 0 Å². The highest BCUT2D eigenvalue weighted by Crippen LogP contribution is 2.28. The fraction of sp³-hybridized carbons (Fsp3) is 0.500. The van der Waals surface area contributed by atoms with Gasteiger partial charge in [0.1, 0.15) is 0 Å². The summed E-state index contributed by atoms with van der Waals surface area (Å²) in [7, 11) is 0. The van der Waals surface area contributed by atoms with E-state index in [2.05, 4.69) is 48.1 Å². The Morgan fingerprint density at radius 3 is 2.74 bits per heavy atom. The highest BCUT2D eigenvalue weighted by Gasteiger charge is 2.14. The topological polar surface area (TPSA) is 12.0 Å². The standard InChI is InChI=1S/C16H23NS2/c1-3-10-17-15(16-13(2)9-12-19-16)8-4-6-14-7-5-11-18-14/h5,7,9,11-12,15,17H,3-4,6,8,10H2,1-2H3. The molecule has 104 valence electrons. The fourth-order valence-electron chi connectivity index (χ4n) is 2.32. The summed E-state index contributed by atoms with van der Waals surface area (Å²) in [6.45, 7) is 5.57. The smallest absolute Gasteiger partial charge is 0.0417 e. The van der Waals surface area contributed by atoms with Crippen molar-refractivity contribution in [2.75, 3.05) is 6.54 Å². The first-order chi connectivity index (χ1) is 9.31. The predicted octanol–water partition coefficient (Wildman–Crippen LogP) is 5.18. The average molecular weight is 294 g/mol. The second-order valence-electron chi connectivity index (χ2n) is 4.95. The van der Waals surface area contributed by atoms with E-state index >= 15 is 0 Å². The molecule has 0 bridgehead atoms. The van der Waals surface area contributed by atoms with Crippen LogP contribution in [0, 0.1) is 6.92 Å². The molecule has 3 heteroatoms.